The molecule has 33 heavy (non-hydrogen) atoms. The highest BCUT2D eigenvalue weighted by Gasteiger charge is 2.19. The van der Waals surface area contributed by atoms with E-state index >= 15 is 0 Å². The SMILES string of the molecule is Cc1cc(=O)c(C(=O)NCc2ccc(CN3CCCCC3C)cc2)nn1-c1ccccc1F. The number of hydrogen-bond donors (Lipinski definition) is 1. The summed E-state index contributed by atoms with van der Waals surface area (Å²) in [6.45, 7) is 6.26. The summed E-state index contributed by atoms with van der Waals surface area (Å²) in [5.41, 5.74) is 2.04. The third-order valence-corrected chi connectivity index (χ3v) is 6.21. The summed E-state index contributed by atoms with van der Waals surface area (Å²) < 4.78 is 15.5. The van der Waals surface area contributed by atoms with Gasteiger partial charge in [0.25, 0.3) is 5.91 Å². The number of benzene rings is 2. The van der Waals surface area contributed by atoms with E-state index in [1.54, 1.807) is 25.1 Å². The maximum absolute atomic E-state index is 14.2. The zero-order chi connectivity index (χ0) is 23.4. The van der Waals surface area contributed by atoms with Crippen molar-refractivity contribution in [1.82, 2.24) is 20.0 Å². The summed E-state index contributed by atoms with van der Waals surface area (Å²) in [5, 5.41) is 6.91. The number of carbonyl (C=O) groups is 1. The fraction of sp³-hybridized carbons (Fsp3) is 0.346. The molecule has 0 saturated carbocycles. The first-order valence-electron chi connectivity index (χ1n) is 11.4. The molecule has 0 aliphatic carbocycles. The number of nitrogens with one attached hydrogen (secondary N) is 1. The van der Waals surface area contributed by atoms with Crippen molar-refractivity contribution in [1.29, 1.82) is 0 Å². The average Bonchev–Trinajstić information content (AvgIpc) is 2.81. The molecule has 7 heteroatoms. The van der Waals surface area contributed by atoms with Gasteiger partial charge in [0.05, 0.1) is 0 Å². The number of likely N-dealkylation sites (tertiary alicyclic amines) is 1. The number of nitrogens with zero attached hydrogens (tertiary/aromatic N) is 3. The van der Waals surface area contributed by atoms with E-state index in [0.29, 0.717) is 11.7 Å². The summed E-state index contributed by atoms with van der Waals surface area (Å²) in [5.74, 6) is -1.07. The van der Waals surface area contributed by atoms with E-state index < -0.39 is 17.2 Å². The molecule has 1 amide bonds. The van der Waals surface area contributed by atoms with Gasteiger partial charge in [-0.15, -0.1) is 0 Å². The van der Waals surface area contributed by atoms with Crippen LogP contribution in [0.25, 0.3) is 5.69 Å². The first kappa shape index (κ1) is 22.9. The van der Waals surface area contributed by atoms with Crippen LogP contribution >= 0.6 is 0 Å². The molecule has 2 heterocycles. The predicted molar refractivity (Wildman–Crippen MR) is 126 cm³/mol. The fourth-order valence-corrected chi connectivity index (χ4v) is 4.23. The molecule has 1 aliphatic heterocycles. The molecule has 1 aliphatic rings. The Balaban J connectivity index is 1.43. The van der Waals surface area contributed by atoms with Crippen LogP contribution in [0.3, 0.4) is 0 Å². The van der Waals surface area contributed by atoms with Crippen molar-refractivity contribution in [2.24, 2.45) is 0 Å². The molecule has 1 N–H and O–H groups in total. The highest BCUT2D eigenvalue weighted by atomic mass is 19.1. The minimum Gasteiger partial charge on any atom is -0.346 e. The summed E-state index contributed by atoms with van der Waals surface area (Å²) in [6.07, 6.45) is 3.80. The van der Waals surface area contributed by atoms with Gasteiger partial charge >= 0.3 is 0 Å². The number of halogens is 1. The minimum absolute atomic E-state index is 0.183. The van der Waals surface area contributed by atoms with Gasteiger partial charge in [0.15, 0.2) is 5.69 Å². The first-order chi connectivity index (χ1) is 15.9. The van der Waals surface area contributed by atoms with Crippen molar-refractivity contribution in [2.45, 2.75) is 52.2 Å². The molecule has 2 aromatic carbocycles. The minimum atomic E-state index is -0.587. The van der Waals surface area contributed by atoms with Crippen LogP contribution in [0.15, 0.2) is 59.4 Å². The van der Waals surface area contributed by atoms with Crippen molar-refractivity contribution < 1.29 is 9.18 Å². The van der Waals surface area contributed by atoms with E-state index in [2.05, 4.69) is 34.4 Å². The lowest BCUT2D eigenvalue weighted by molar-refractivity contribution is 0.0943. The molecule has 0 spiro atoms. The molecule has 1 atom stereocenters. The number of para-hydroxylation sites is 1. The highest BCUT2D eigenvalue weighted by molar-refractivity contribution is 5.92. The van der Waals surface area contributed by atoms with Gasteiger partial charge in [0.2, 0.25) is 5.43 Å². The number of hydrogen-bond acceptors (Lipinski definition) is 4. The van der Waals surface area contributed by atoms with Gasteiger partial charge in [-0.25, -0.2) is 9.07 Å². The Morgan fingerprint density at radius 2 is 1.85 bits per heavy atom. The third kappa shape index (κ3) is 5.37. The lowest BCUT2D eigenvalue weighted by Crippen LogP contribution is -2.36. The second-order valence-electron chi connectivity index (χ2n) is 8.68. The van der Waals surface area contributed by atoms with Gasteiger partial charge < -0.3 is 5.32 Å². The summed E-state index contributed by atoms with van der Waals surface area (Å²) in [6, 6.07) is 16.1. The Morgan fingerprint density at radius 3 is 2.58 bits per heavy atom. The van der Waals surface area contributed by atoms with Gasteiger partial charge in [-0.1, -0.05) is 42.8 Å². The van der Waals surface area contributed by atoms with E-state index in [4.69, 9.17) is 0 Å². The Bertz CT molecular complexity index is 1190. The van der Waals surface area contributed by atoms with Crippen LogP contribution in [-0.2, 0) is 13.1 Å². The van der Waals surface area contributed by atoms with Gasteiger partial charge in [0.1, 0.15) is 11.5 Å². The van der Waals surface area contributed by atoms with Crippen LogP contribution in [0.2, 0.25) is 0 Å². The third-order valence-electron chi connectivity index (χ3n) is 6.21. The monoisotopic (exact) mass is 448 g/mol. The maximum atomic E-state index is 14.2. The molecule has 3 aromatic rings. The molecule has 1 saturated heterocycles. The van der Waals surface area contributed by atoms with Crippen LogP contribution in [0.4, 0.5) is 4.39 Å². The predicted octanol–water partition coefficient (Wildman–Crippen LogP) is 3.98. The lowest BCUT2D eigenvalue weighted by atomic mass is 10.0. The number of amides is 1. The van der Waals surface area contributed by atoms with E-state index in [1.165, 1.54) is 41.6 Å². The normalized spacial score (nSPS) is 16.5. The van der Waals surface area contributed by atoms with Gasteiger partial charge in [0, 0.05) is 30.9 Å². The number of rotatable bonds is 6. The number of aromatic nitrogens is 2. The van der Waals surface area contributed by atoms with Crippen LogP contribution in [0, 0.1) is 12.7 Å². The Hall–Kier alpha value is -3.32. The highest BCUT2D eigenvalue weighted by Crippen LogP contribution is 2.19. The summed E-state index contributed by atoms with van der Waals surface area (Å²) in [7, 11) is 0. The maximum Gasteiger partial charge on any atom is 0.276 e. The quantitative estimate of drug-likeness (QED) is 0.619. The summed E-state index contributed by atoms with van der Waals surface area (Å²) in [4.78, 5) is 27.6. The smallest absolute Gasteiger partial charge is 0.276 e. The summed E-state index contributed by atoms with van der Waals surface area (Å²) >= 11 is 0. The number of carbonyl (C=O) groups excluding carboxylic acids is 1. The number of piperidine rings is 1. The lowest BCUT2D eigenvalue weighted by Gasteiger charge is -2.33. The molecule has 1 unspecified atom stereocenters. The van der Waals surface area contributed by atoms with E-state index in [1.807, 2.05) is 12.1 Å². The largest absolute Gasteiger partial charge is 0.346 e. The molecular weight excluding hydrogens is 419 g/mol. The van der Waals surface area contributed by atoms with Crippen molar-refractivity contribution in [3.63, 3.8) is 0 Å². The van der Waals surface area contributed by atoms with Gasteiger partial charge in [-0.05, 0) is 56.5 Å². The van der Waals surface area contributed by atoms with E-state index in [-0.39, 0.29) is 17.9 Å². The molecule has 1 fully saturated rings. The Kier molecular flexibility index (Phi) is 6.99. The van der Waals surface area contributed by atoms with Crippen LogP contribution in [0.1, 0.15) is 53.5 Å². The number of aryl methyl sites for hydroxylation is 1. The standard InChI is InChI=1S/C26H29FN4O2/c1-18-7-5-6-14-30(18)17-21-12-10-20(11-13-21)16-28-26(33)25-24(32)15-19(2)31(29-25)23-9-4-3-8-22(23)27/h3-4,8-13,15,18H,5-7,14,16-17H2,1-2H3,(H,28,33). The van der Waals surface area contributed by atoms with Crippen LogP contribution < -0.4 is 10.7 Å². The van der Waals surface area contributed by atoms with E-state index in [9.17, 15) is 14.0 Å². The molecule has 4 rings (SSSR count). The fourth-order valence-electron chi connectivity index (χ4n) is 4.23. The van der Waals surface area contributed by atoms with Crippen molar-refractivity contribution in [2.75, 3.05) is 6.54 Å². The Labute approximate surface area is 193 Å². The van der Waals surface area contributed by atoms with Crippen LogP contribution in [-0.4, -0.2) is 33.2 Å². The average molecular weight is 449 g/mol. The zero-order valence-corrected chi connectivity index (χ0v) is 19.1. The molecule has 6 nitrogen and oxygen atoms in total. The van der Waals surface area contributed by atoms with Crippen molar-refractivity contribution in [3.05, 3.63) is 93.2 Å². The first-order valence-corrected chi connectivity index (χ1v) is 11.4. The molecule has 0 radical (unpaired) electrons. The van der Waals surface area contributed by atoms with Gasteiger partial charge in [-0.3, -0.25) is 14.5 Å². The van der Waals surface area contributed by atoms with Crippen molar-refractivity contribution in [3.8, 4) is 5.69 Å². The molecule has 0 bridgehead atoms. The second kappa shape index (κ2) is 10.1. The van der Waals surface area contributed by atoms with Crippen LogP contribution in [0.5, 0.6) is 0 Å². The van der Waals surface area contributed by atoms with Gasteiger partial charge in [-0.2, -0.15) is 5.10 Å². The Morgan fingerprint density at radius 1 is 1.12 bits per heavy atom. The molecule has 172 valence electrons. The molecular formula is C26H29FN4O2. The zero-order valence-electron chi connectivity index (χ0n) is 19.1. The van der Waals surface area contributed by atoms with Crippen molar-refractivity contribution >= 4 is 5.91 Å². The second-order valence-corrected chi connectivity index (χ2v) is 8.68. The van der Waals surface area contributed by atoms with E-state index in [0.717, 1.165) is 18.7 Å². The molecule has 1 aromatic heterocycles. The topological polar surface area (TPSA) is 67.2 Å².